The first-order chi connectivity index (χ1) is 10.3. The van der Waals surface area contributed by atoms with E-state index < -0.39 is 0 Å². The number of ether oxygens (including phenoxy) is 1. The number of hydrogen-bond donors (Lipinski definition) is 1. The second-order valence-corrected chi connectivity index (χ2v) is 4.36. The minimum absolute atomic E-state index is 0.0636. The molecule has 0 aliphatic rings. The van der Waals surface area contributed by atoms with Crippen LogP contribution in [0.5, 0.6) is 5.75 Å². The second-order valence-electron chi connectivity index (χ2n) is 4.36. The van der Waals surface area contributed by atoms with Crippen molar-refractivity contribution < 1.29 is 9.84 Å². The quantitative estimate of drug-likeness (QED) is 0.874. The highest BCUT2D eigenvalue weighted by Crippen LogP contribution is 2.16. The van der Waals surface area contributed by atoms with E-state index in [0.29, 0.717) is 24.3 Å². The van der Waals surface area contributed by atoms with Crippen LogP contribution in [0.25, 0.3) is 0 Å². The Kier molecular flexibility index (Phi) is 5.41. The van der Waals surface area contributed by atoms with Crippen molar-refractivity contribution in [2.45, 2.75) is 13.0 Å². The lowest BCUT2D eigenvalue weighted by molar-refractivity contribution is 0.305. The van der Waals surface area contributed by atoms with Crippen LogP contribution in [-0.4, -0.2) is 11.7 Å². The summed E-state index contributed by atoms with van der Waals surface area (Å²) in [4.78, 5) is 0. The van der Waals surface area contributed by atoms with Crippen LogP contribution in [0.1, 0.15) is 23.1 Å². The van der Waals surface area contributed by atoms with E-state index in [4.69, 9.17) is 15.1 Å². The van der Waals surface area contributed by atoms with Crippen molar-refractivity contribution in [2.75, 3.05) is 6.61 Å². The van der Waals surface area contributed by atoms with Crippen LogP contribution >= 0.6 is 0 Å². The normalized spacial score (nSPS) is 9.33. The van der Waals surface area contributed by atoms with Gasteiger partial charge in [-0.3, -0.25) is 0 Å². The highest BCUT2D eigenvalue weighted by atomic mass is 16.5. The standard InChI is InChI=1S/C18H15NO2/c19-13-16-8-1-2-9-17(16)14-21-18-10-5-7-15(12-18)6-3-4-11-20/h1-2,5,7-10,12,20H,4,11,14H2. The molecule has 0 aromatic heterocycles. The highest BCUT2D eigenvalue weighted by molar-refractivity contribution is 5.40. The fraction of sp³-hybridized carbons (Fsp3) is 0.167. The summed E-state index contributed by atoms with van der Waals surface area (Å²) in [7, 11) is 0. The van der Waals surface area contributed by atoms with Gasteiger partial charge in [0.1, 0.15) is 12.4 Å². The third-order valence-electron chi connectivity index (χ3n) is 2.84. The van der Waals surface area contributed by atoms with Gasteiger partial charge in [0.15, 0.2) is 0 Å². The molecule has 0 saturated carbocycles. The van der Waals surface area contributed by atoms with E-state index in [2.05, 4.69) is 17.9 Å². The summed E-state index contributed by atoms with van der Waals surface area (Å²) in [6, 6.07) is 17.0. The predicted octanol–water partition coefficient (Wildman–Crippen LogP) is 2.87. The van der Waals surface area contributed by atoms with Gasteiger partial charge in [-0.1, -0.05) is 36.1 Å². The molecule has 104 valence electrons. The van der Waals surface area contributed by atoms with Crippen molar-refractivity contribution in [3.8, 4) is 23.7 Å². The van der Waals surface area contributed by atoms with Crippen LogP contribution in [0, 0.1) is 23.2 Å². The fourth-order valence-electron chi connectivity index (χ4n) is 1.80. The number of nitriles is 1. The number of aliphatic hydroxyl groups is 1. The van der Waals surface area contributed by atoms with E-state index >= 15 is 0 Å². The zero-order valence-electron chi connectivity index (χ0n) is 11.5. The molecule has 0 amide bonds. The van der Waals surface area contributed by atoms with Crippen LogP contribution in [0.15, 0.2) is 48.5 Å². The lowest BCUT2D eigenvalue weighted by Crippen LogP contribution is -1.98. The van der Waals surface area contributed by atoms with Gasteiger partial charge >= 0.3 is 0 Å². The summed E-state index contributed by atoms with van der Waals surface area (Å²) >= 11 is 0. The maximum atomic E-state index is 9.04. The summed E-state index contributed by atoms with van der Waals surface area (Å²) in [5.41, 5.74) is 2.32. The summed E-state index contributed by atoms with van der Waals surface area (Å²) < 4.78 is 5.71. The maximum Gasteiger partial charge on any atom is 0.121 e. The SMILES string of the molecule is N#Cc1ccccc1COc1cccc(C#CCCO)c1. The Morgan fingerprint density at radius 1 is 1.10 bits per heavy atom. The average Bonchev–Trinajstić information content (AvgIpc) is 2.54. The molecule has 21 heavy (non-hydrogen) atoms. The van der Waals surface area contributed by atoms with E-state index in [0.717, 1.165) is 11.1 Å². The molecule has 0 heterocycles. The van der Waals surface area contributed by atoms with Crippen molar-refractivity contribution in [2.24, 2.45) is 0 Å². The molecular formula is C18H15NO2. The van der Waals surface area contributed by atoms with Gasteiger partial charge in [-0.2, -0.15) is 5.26 Å². The Morgan fingerprint density at radius 3 is 2.76 bits per heavy atom. The summed E-state index contributed by atoms with van der Waals surface area (Å²) in [5, 5.41) is 17.7. The van der Waals surface area contributed by atoms with Crippen molar-refractivity contribution in [3.63, 3.8) is 0 Å². The van der Waals surface area contributed by atoms with E-state index in [1.165, 1.54) is 0 Å². The van der Waals surface area contributed by atoms with Crippen molar-refractivity contribution in [1.82, 2.24) is 0 Å². The molecule has 0 radical (unpaired) electrons. The third-order valence-corrected chi connectivity index (χ3v) is 2.84. The first kappa shape index (κ1) is 14.7. The van der Waals surface area contributed by atoms with E-state index in [9.17, 15) is 0 Å². The molecule has 0 fully saturated rings. The Labute approximate surface area is 124 Å². The molecule has 3 heteroatoms. The molecule has 0 aliphatic heterocycles. The number of benzene rings is 2. The topological polar surface area (TPSA) is 53.2 Å². The molecule has 0 unspecified atom stereocenters. The number of aliphatic hydroxyl groups excluding tert-OH is 1. The molecule has 0 atom stereocenters. The molecule has 1 N–H and O–H groups in total. The smallest absolute Gasteiger partial charge is 0.121 e. The lowest BCUT2D eigenvalue weighted by Gasteiger charge is -2.07. The summed E-state index contributed by atoms with van der Waals surface area (Å²) in [6.45, 7) is 0.408. The van der Waals surface area contributed by atoms with Gasteiger partial charge in [0.25, 0.3) is 0 Å². The zero-order valence-corrected chi connectivity index (χ0v) is 11.5. The molecule has 2 rings (SSSR count). The Bertz CT molecular complexity index is 705. The molecule has 0 bridgehead atoms. The van der Waals surface area contributed by atoms with Gasteiger partial charge in [0, 0.05) is 17.5 Å². The van der Waals surface area contributed by atoms with Gasteiger partial charge in [-0.15, -0.1) is 0 Å². The number of hydrogen-bond acceptors (Lipinski definition) is 3. The van der Waals surface area contributed by atoms with Gasteiger partial charge in [-0.05, 0) is 24.3 Å². The maximum absolute atomic E-state index is 9.04. The van der Waals surface area contributed by atoms with Crippen LogP contribution in [-0.2, 0) is 6.61 Å². The van der Waals surface area contributed by atoms with Gasteiger partial charge < -0.3 is 9.84 Å². The van der Waals surface area contributed by atoms with Crippen LogP contribution in [0.3, 0.4) is 0 Å². The van der Waals surface area contributed by atoms with Crippen LogP contribution in [0.2, 0.25) is 0 Å². The second kappa shape index (κ2) is 7.75. The molecule has 2 aromatic carbocycles. The predicted molar refractivity (Wildman–Crippen MR) is 80.5 cm³/mol. The van der Waals surface area contributed by atoms with Crippen molar-refractivity contribution in [1.29, 1.82) is 5.26 Å². The minimum Gasteiger partial charge on any atom is -0.489 e. The van der Waals surface area contributed by atoms with E-state index in [1.54, 1.807) is 6.07 Å². The minimum atomic E-state index is 0.0636. The van der Waals surface area contributed by atoms with E-state index in [1.807, 2.05) is 42.5 Å². The molecule has 0 aliphatic carbocycles. The van der Waals surface area contributed by atoms with Crippen LogP contribution in [0.4, 0.5) is 0 Å². The van der Waals surface area contributed by atoms with Crippen molar-refractivity contribution in [3.05, 3.63) is 65.2 Å². The molecular weight excluding hydrogens is 262 g/mol. The molecule has 3 nitrogen and oxygen atoms in total. The van der Waals surface area contributed by atoms with Gasteiger partial charge in [0.05, 0.1) is 18.2 Å². The third kappa shape index (κ3) is 4.38. The molecule has 0 spiro atoms. The fourth-order valence-corrected chi connectivity index (χ4v) is 1.80. The summed E-state index contributed by atoms with van der Waals surface area (Å²) in [5.74, 6) is 6.54. The number of nitrogens with zero attached hydrogens (tertiary/aromatic N) is 1. The van der Waals surface area contributed by atoms with E-state index in [-0.39, 0.29) is 6.61 Å². The zero-order chi connectivity index (χ0) is 14.9. The lowest BCUT2D eigenvalue weighted by atomic mass is 10.1. The first-order valence-electron chi connectivity index (χ1n) is 6.64. The molecule has 0 saturated heterocycles. The van der Waals surface area contributed by atoms with Gasteiger partial charge in [-0.25, -0.2) is 0 Å². The first-order valence-corrected chi connectivity index (χ1v) is 6.64. The Morgan fingerprint density at radius 2 is 1.95 bits per heavy atom. The largest absolute Gasteiger partial charge is 0.489 e. The van der Waals surface area contributed by atoms with Crippen molar-refractivity contribution >= 4 is 0 Å². The number of rotatable bonds is 4. The Balaban J connectivity index is 2.06. The molecule has 2 aromatic rings. The Hall–Kier alpha value is -2.75. The average molecular weight is 277 g/mol. The monoisotopic (exact) mass is 277 g/mol. The van der Waals surface area contributed by atoms with Gasteiger partial charge in [0.2, 0.25) is 0 Å². The highest BCUT2D eigenvalue weighted by Gasteiger charge is 2.02. The van der Waals surface area contributed by atoms with Crippen LogP contribution < -0.4 is 4.74 Å². The summed E-state index contributed by atoms with van der Waals surface area (Å²) in [6.07, 6.45) is 0.459.